The maximum atomic E-state index is 5.95. The zero-order valence-electron chi connectivity index (χ0n) is 9.15. The molecule has 2 aromatic heterocycles. The predicted molar refractivity (Wildman–Crippen MR) is 60.3 cm³/mol. The average molecular weight is 202 g/mol. The van der Waals surface area contributed by atoms with Crippen LogP contribution in [0.15, 0.2) is 18.3 Å². The molecule has 0 fully saturated rings. The van der Waals surface area contributed by atoms with Gasteiger partial charge in [-0.15, -0.1) is 0 Å². The van der Waals surface area contributed by atoms with Crippen LogP contribution in [0.1, 0.15) is 11.5 Å². The summed E-state index contributed by atoms with van der Waals surface area (Å²) in [7, 11) is 1.91. The third-order valence-electron chi connectivity index (χ3n) is 2.55. The molecule has 0 radical (unpaired) electrons. The number of aryl methyl sites for hydroxylation is 2. The van der Waals surface area contributed by atoms with Crippen molar-refractivity contribution in [2.75, 3.05) is 5.73 Å². The topological polar surface area (TPSA) is 56.7 Å². The Bertz CT molecular complexity index is 482. The molecular weight excluding hydrogens is 188 g/mol. The summed E-state index contributed by atoms with van der Waals surface area (Å²) in [5, 5.41) is 0. The second kappa shape index (κ2) is 3.38. The van der Waals surface area contributed by atoms with E-state index < -0.39 is 0 Å². The van der Waals surface area contributed by atoms with Crippen LogP contribution in [-0.2, 0) is 7.05 Å². The minimum absolute atomic E-state index is 0.679. The van der Waals surface area contributed by atoms with E-state index in [1.165, 1.54) is 0 Å². The van der Waals surface area contributed by atoms with Crippen molar-refractivity contribution in [2.24, 2.45) is 7.05 Å². The summed E-state index contributed by atoms with van der Waals surface area (Å²) in [5.74, 6) is 1.58. The van der Waals surface area contributed by atoms with Crippen LogP contribution in [0.5, 0.6) is 0 Å². The summed E-state index contributed by atoms with van der Waals surface area (Å²) in [5.41, 5.74) is 8.70. The van der Waals surface area contributed by atoms with Gasteiger partial charge in [-0.3, -0.25) is 4.98 Å². The zero-order chi connectivity index (χ0) is 11.0. The molecular formula is C11H14N4. The highest BCUT2D eigenvalue weighted by Gasteiger charge is 2.10. The first kappa shape index (κ1) is 9.71. The number of imidazole rings is 1. The fourth-order valence-electron chi connectivity index (χ4n) is 1.45. The van der Waals surface area contributed by atoms with Crippen molar-refractivity contribution in [1.82, 2.24) is 14.5 Å². The van der Waals surface area contributed by atoms with Gasteiger partial charge >= 0.3 is 0 Å². The molecule has 0 aliphatic heterocycles. The molecule has 4 heteroatoms. The van der Waals surface area contributed by atoms with Gasteiger partial charge in [0.05, 0.1) is 0 Å². The number of anilines is 1. The monoisotopic (exact) mass is 202 g/mol. The normalized spacial score (nSPS) is 10.6. The third kappa shape index (κ3) is 1.58. The van der Waals surface area contributed by atoms with Crippen molar-refractivity contribution in [3.8, 4) is 11.3 Å². The minimum atomic E-state index is 0.679. The molecule has 0 bridgehead atoms. The lowest BCUT2D eigenvalue weighted by atomic mass is 10.2. The lowest BCUT2D eigenvalue weighted by molar-refractivity contribution is 0.868. The molecule has 0 unspecified atom stereocenters. The fraction of sp³-hybridized carbons (Fsp3) is 0.273. The van der Waals surface area contributed by atoms with Crippen molar-refractivity contribution in [1.29, 1.82) is 0 Å². The van der Waals surface area contributed by atoms with E-state index in [2.05, 4.69) is 9.97 Å². The van der Waals surface area contributed by atoms with Gasteiger partial charge in [0.1, 0.15) is 17.3 Å². The number of nitrogens with zero attached hydrogens (tertiary/aromatic N) is 3. The van der Waals surface area contributed by atoms with Crippen molar-refractivity contribution >= 4 is 5.82 Å². The summed E-state index contributed by atoms with van der Waals surface area (Å²) >= 11 is 0. The Hall–Kier alpha value is -1.84. The Morgan fingerprint density at radius 1 is 1.27 bits per heavy atom. The highest BCUT2D eigenvalue weighted by atomic mass is 15.1. The summed E-state index contributed by atoms with van der Waals surface area (Å²) < 4.78 is 1.87. The molecule has 0 spiro atoms. The molecule has 0 aromatic carbocycles. The Morgan fingerprint density at radius 2 is 2.00 bits per heavy atom. The summed E-state index contributed by atoms with van der Waals surface area (Å²) in [4.78, 5) is 8.64. The molecule has 0 saturated carbocycles. The molecule has 4 nitrogen and oxygen atoms in total. The summed E-state index contributed by atoms with van der Waals surface area (Å²) in [6, 6.07) is 3.94. The Labute approximate surface area is 88.8 Å². The van der Waals surface area contributed by atoms with Crippen LogP contribution < -0.4 is 5.73 Å². The maximum absolute atomic E-state index is 5.95. The molecule has 0 atom stereocenters. The number of hydrogen-bond acceptors (Lipinski definition) is 3. The molecule has 2 N–H and O–H groups in total. The van der Waals surface area contributed by atoms with E-state index in [0.717, 1.165) is 22.8 Å². The second-order valence-corrected chi connectivity index (χ2v) is 3.64. The molecule has 2 heterocycles. The molecule has 0 amide bonds. The molecule has 2 aromatic rings. The van der Waals surface area contributed by atoms with E-state index >= 15 is 0 Å². The van der Waals surface area contributed by atoms with Crippen molar-refractivity contribution in [2.45, 2.75) is 13.8 Å². The van der Waals surface area contributed by atoms with Crippen LogP contribution in [0.4, 0.5) is 5.82 Å². The van der Waals surface area contributed by atoms with E-state index in [1.807, 2.05) is 37.6 Å². The average Bonchev–Trinajstić information content (AvgIpc) is 2.47. The smallest absolute Gasteiger partial charge is 0.131 e. The van der Waals surface area contributed by atoms with Crippen LogP contribution in [0.3, 0.4) is 0 Å². The van der Waals surface area contributed by atoms with Gasteiger partial charge in [-0.2, -0.15) is 0 Å². The first-order valence-electron chi connectivity index (χ1n) is 4.81. The first-order chi connectivity index (χ1) is 7.09. The predicted octanol–water partition coefficient (Wildman–Crippen LogP) is 1.68. The number of hydrogen-bond donors (Lipinski definition) is 1. The number of aromatic nitrogens is 3. The third-order valence-corrected chi connectivity index (χ3v) is 2.55. The largest absolute Gasteiger partial charge is 0.383 e. The van der Waals surface area contributed by atoms with E-state index in [-0.39, 0.29) is 0 Å². The maximum Gasteiger partial charge on any atom is 0.131 e. The van der Waals surface area contributed by atoms with E-state index in [9.17, 15) is 0 Å². The van der Waals surface area contributed by atoms with Gasteiger partial charge < -0.3 is 10.3 Å². The van der Waals surface area contributed by atoms with Crippen LogP contribution in [0.25, 0.3) is 11.3 Å². The van der Waals surface area contributed by atoms with Crippen LogP contribution in [0, 0.1) is 13.8 Å². The fourth-order valence-corrected chi connectivity index (χ4v) is 1.45. The Morgan fingerprint density at radius 3 is 2.47 bits per heavy atom. The summed E-state index contributed by atoms with van der Waals surface area (Å²) in [6.45, 7) is 3.89. The lowest BCUT2D eigenvalue weighted by Crippen LogP contribution is -1.98. The van der Waals surface area contributed by atoms with Gasteiger partial charge in [-0.05, 0) is 26.0 Å². The van der Waals surface area contributed by atoms with Gasteiger partial charge in [0, 0.05) is 24.5 Å². The molecule has 2 rings (SSSR count). The van der Waals surface area contributed by atoms with E-state index in [1.54, 1.807) is 6.20 Å². The zero-order valence-corrected chi connectivity index (χ0v) is 9.15. The first-order valence-corrected chi connectivity index (χ1v) is 4.81. The Kier molecular flexibility index (Phi) is 2.19. The van der Waals surface area contributed by atoms with E-state index in [0.29, 0.717) is 5.82 Å². The van der Waals surface area contributed by atoms with Gasteiger partial charge in [0.2, 0.25) is 0 Å². The number of rotatable bonds is 1. The highest BCUT2D eigenvalue weighted by Crippen LogP contribution is 2.24. The second-order valence-electron chi connectivity index (χ2n) is 3.64. The Balaban J connectivity index is 2.54. The molecule has 78 valence electrons. The molecule has 0 aliphatic rings. The van der Waals surface area contributed by atoms with Gasteiger partial charge in [-0.25, -0.2) is 4.98 Å². The van der Waals surface area contributed by atoms with Crippen molar-refractivity contribution < 1.29 is 0 Å². The summed E-state index contributed by atoms with van der Waals surface area (Å²) in [6.07, 6.45) is 1.80. The van der Waals surface area contributed by atoms with Gasteiger partial charge in [-0.1, -0.05) is 0 Å². The number of nitrogen functional groups attached to an aromatic ring is 1. The quantitative estimate of drug-likeness (QED) is 0.765. The minimum Gasteiger partial charge on any atom is -0.383 e. The number of nitrogens with two attached hydrogens (primary N) is 1. The van der Waals surface area contributed by atoms with Crippen LogP contribution >= 0.6 is 0 Å². The van der Waals surface area contributed by atoms with Crippen molar-refractivity contribution in [3.63, 3.8) is 0 Å². The molecule has 15 heavy (non-hydrogen) atoms. The lowest BCUT2D eigenvalue weighted by Gasteiger charge is -2.00. The molecule has 0 aliphatic carbocycles. The molecule has 0 saturated heterocycles. The van der Waals surface area contributed by atoms with Crippen LogP contribution in [-0.4, -0.2) is 14.5 Å². The highest BCUT2D eigenvalue weighted by molar-refractivity contribution is 5.70. The van der Waals surface area contributed by atoms with E-state index in [4.69, 9.17) is 5.73 Å². The van der Waals surface area contributed by atoms with Crippen LogP contribution in [0.2, 0.25) is 0 Å². The van der Waals surface area contributed by atoms with Gasteiger partial charge in [0.25, 0.3) is 0 Å². The SMILES string of the molecule is Cc1ccc(-c2nc(C)n(C)c2N)cn1. The standard InChI is InChI=1S/C11H14N4/c1-7-4-5-9(6-13-7)10-11(12)15(3)8(2)14-10/h4-6H,12H2,1-3H3. The number of pyridine rings is 1. The van der Waals surface area contributed by atoms with Gasteiger partial charge in [0.15, 0.2) is 0 Å². The van der Waals surface area contributed by atoms with Crippen molar-refractivity contribution in [3.05, 3.63) is 29.8 Å².